The molecule has 13 nitrogen and oxygen atoms in total. The van der Waals surface area contributed by atoms with Crippen LogP contribution in [0.25, 0.3) is 0 Å². The molecule has 1 fully saturated rings. The summed E-state index contributed by atoms with van der Waals surface area (Å²) in [6, 6.07) is 0. The van der Waals surface area contributed by atoms with Gasteiger partial charge in [-0.1, -0.05) is 11.8 Å². The number of tetrazole rings is 1. The van der Waals surface area contributed by atoms with E-state index in [9.17, 15) is 19.5 Å². The molecule has 31 heavy (non-hydrogen) atoms. The molecule has 16 heteroatoms. The van der Waals surface area contributed by atoms with E-state index in [1.165, 1.54) is 35.3 Å². The van der Waals surface area contributed by atoms with Gasteiger partial charge in [-0.25, -0.2) is 9.48 Å². The number of aliphatic carboxylic acids is 1. The number of rotatable bonds is 10. The molecule has 0 bridgehead atoms. The van der Waals surface area contributed by atoms with Crippen molar-refractivity contribution < 1.29 is 29.3 Å². The largest absolute Gasteiger partial charge is 0.477 e. The van der Waals surface area contributed by atoms with E-state index in [0.29, 0.717) is 16.5 Å². The van der Waals surface area contributed by atoms with Crippen LogP contribution in [0.15, 0.2) is 16.4 Å². The summed E-state index contributed by atoms with van der Waals surface area (Å²) in [6.45, 7) is 0. The number of methoxy groups -OCH3 is 1. The number of nitrogens with zero attached hydrogens (tertiary/aromatic N) is 5. The van der Waals surface area contributed by atoms with Gasteiger partial charge in [0.15, 0.2) is 0 Å². The van der Waals surface area contributed by atoms with Gasteiger partial charge >= 0.3 is 5.97 Å². The van der Waals surface area contributed by atoms with Crippen molar-refractivity contribution in [2.24, 2.45) is 12.8 Å². The van der Waals surface area contributed by atoms with E-state index in [0.717, 1.165) is 16.7 Å². The van der Waals surface area contributed by atoms with Crippen molar-refractivity contribution in [3.63, 3.8) is 0 Å². The summed E-state index contributed by atoms with van der Waals surface area (Å²) in [6.07, 6.45) is -1.05. The topological polar surface area (TPSA) is 186 Å². The number of aliphatic hydroxyl groups excluding tert-OH is 1. The summed E-state index contributed by atoms with van der Waals surface area (Å²) < 4.78 is 6.84. The van der Waals surface area contributed by atoms with Gasteiger partial charge in [0.25, 0.3) is 11.6 Å². The Balaban J connectivity index is 1.74. The molecular weight excluding hydrogens is 470 g/mol. The number of nitrogens with two attached hydrogens (primary N) is 1. The Morgan fingerprint density at radius 2 is 2.26 bits per heavy atom. The number of carbonyl (C=O) groups is 3. The van der Waals surface area contributed by atoms with E-state index < -0.39 is 35.1 Å². The minimum absolute atomic E-state index is 0.0424. The number of carbonyl (C=O) groups excluding carboxylic acids is 2. The first-order valence-corrected chi connectivity index (χ1v) is 12.0. The number of amides is 2. The number of aryl methyl sites for hydroxylation is 1. The maximum Gasteiger partial charge on any atom is 0.352 e. The average molecular weight is 492 g/mol. The second kappa shape index (κ2) is 9.74. The molecule has 170 valence electrons. The van der Waals surface area contributed by atoms with E-state index in [1.54, 1.807) is 7.05 Å². The Bertz CT molecular complexity index is 909. The lowest BCUT2D eigenvalue weighted by molar-refractivity contribution is -0.192. The van der Waals surface area contributed by atoms with Crippen LogP contribution in [-0.4, -0.2) is 101 Å². The van der Waals surface area contributed by atoms with Crippen LogP contribution >= 0.6 is 35.3 Å². The fourth-order valence-corrected chi connectivity index (χ4v) is 6.11. The molecule has 0 spiro atoms. The van der Waals surface area contributed by atoms with Crippen molar-refractivity contribution in [2.75, 3.05) is 30.1 Å². The molecule has 3 heterocycles. The van der Waals surface area contributed by atoms with E-state index in [1.807, 2.05) is 0 Å². The maximum atomic E-state index is 13.0. The number of aromatic nitrogens is 4. The fourth-order valence-electron chi connectivity index (χ4n) is 3.07. The summed E-state index contributed by atoms with van der Waals surface area (Å²) in [5, 5.41) is 32.3. The summed E-state index contributed by atoms with van der Waals surface area (Å²) in [4.78, 5) is 38.4. The first-order valence-electron chi connectivity index (χ1n) is 8.84. The Labute approximate surface area is 189 Å². The molecule has 3 atom stereocenters. The number of ether oxygens (including phenoxy) is 1. The van der Waals surface area contributed by atoms with Crippen LogP contribution in [-0.2, 0) is 26.2 Å². The molecule has 5 N–H and O–H groups in total. The van der Waals surface area contributed by atoms with Gasteiger partial charge in [-0.3, -0.25) is 14.5 Å². The SMILES string of the molecule is CO[C@@]1(NC(=O)CSC[C@@H](N)O)C(=O)N2C(C(=O)O)=C(CSc3nnnn3C)CS[C@@H]21. The van der Waals surface area contributed by atoms with Crippen LogP contribution in [0.2, 0.25) is 0 Å². The summed E-state index contributed by atoms with van der Waals surface area (Å²) in [5.74, 6) is -1.68. The fraction of sp³-hybridized carbons (Fsp3) is 0.600. The lowest BCUT2D eigenvalue weighted by Gasteiger charge is -2.55. The summed E-state index contributed by atoms with van der Waals surface area (Å²) in [5.41, 5.74) is 4.00. The highest BCUT2D eigenvalue weighted by Gasteiger charge is 2.66. The van der Waals surface area contributed by atoms with E-state index in [2.05, 4.69) is 20.8 Å². The van der Waals surface area contributed by atoms with Crippen LogP contribution in [0, 0.1) is 0 Å². The number of aliphatic hydroxyl groups is 1. The van der Waals surface area contributed by atoms with Crippen LogP contribution < -0.4 is 11.1 Å². The molecule has 2 aliphatic rings. The number of nitrogens with one attached hydrogen (secondary N) is 1. The molecule has 2 aliphatic heterocycles. The molecule has 0 aliphatic carbocycles. The monoisotopic (exact) mass is 491 g/mol. The van der Waals surface area contributed by atoms with Crippen molar-refractivity contribution in [3.05, 3.63) is 11.3 Å². The first kappa shape index (κ1) is 23.8. The normalized spacial score (nSPS) is 23.9. The third kappa shape index (κ3) is 4.68. The third-order valence-electron chi connectivity index (χ3n) is 4.44. The Morgan fingerprint density at radius 1 is 1.52 bits per heavy atom. The molecule has 3 rings (SSSR count). The van der Waals surface area contributed by atoms with Crippen molar-refractivity contribution in [1.82, 2.24) is 30.4 Å². The van der Waals surface area contributed by atoms with Crippen LogP contribution in [0.3, 0.4) is 0 Å². The molecule has 1 aromatic rings. The number of fused-ring (bicyclic) bond motifs is 1. The minimum atomic E-state index is -1.66. The predicted octanol–water partition coefficient (Wildman–Crippen LogP) is -1.97. The van der Waals surface area contributed by atoms with Gasteiger partial charge in [0.05, 0.1) is 5.75 Å². The number of hydrogen-bond donors (Lipinski definition) is 4. The quantitative estimate of drug-likeness (QED) is 0.160. The smallest absolute Gasteiger partial charge is 0.352 e. The van der Waals surface area contributed by atoms with Crippen molar-refractivity contribution in [3.8, 4) is 0 Å². The predicted molar refractivity (Wildman–Crippen MR) is 113 cm³/mol. The second-order valence-electron chi connectivity index (χ2n) is 6.54. The molecular formula is C15H21N7O6S3. The third-order valence-corrected chi connectivity index (χ3v) is 7.95. The number of thioether (sulfide) groups is 3. The van der Waals surface area contributed by atoms with Crippen LogP contribution in [0.5, 0.6) is 0 Å². The molecule has 0 unspecified atom stereocenters. The number of carboxylic acids is 1. The number of carboxylic acid groups (broad SMARTS) is 1. The van der Waals surface area contributed by atoms with Gasteiger partial charge in [0.2, 0.25) is 11.1 Å². The van der Waals surface area contributed by atoms with Crippen molar-refractivity contribution in [2.45, 2.75) is 22.5 Å². The second-order valence-corrected chi connectivity index (χ2v) is 9.58. The molecule has 0 aromatic carbocycles. The molecule has 2 amide bonds. The Hall–Kier alpha value is -1.85. The van der Waals surface area contributed by atoms with E-state index in [4.69, 9.17) is 15.6 Å². The summed E-state index contributed by atoms with van der Waals surface area (Å²) in [7, 11) is 2.95. The summed E-state index contributed by atoms with van der Waals surface area (Å²) >= 11 is 3.65. The van der Waals surface area contributed by atoms with Gasteiger partial charge in [-0.15, -0.1) is 28.6 Å². The molecule has 1 aromatic heterocycles. The molecule has 0 radical (unpaired) electrons. The zero-order valence-corrected chi connectivity index (χ0v) is 19.0. The van der Waals surface area contributed by atoms with Gasteiger partial charge in [0, 0.05) is 31.4 Å². The zero-order chi connectivity index (χ0) is 22.8. The highest BCUT2D eigenvalue weighted by atomic mass is 32.2. The van der Waals surface area contributed by atoms with Gasteiger partial charge in [0.1, 0.15) is 17.3 Å². The molecule has 1 saturated heterocycles. The van der Waals surface area contributed by atoms with Crippen LogP contribution in [0.1, 0.15) is 0 Å². The van der Waals surface area contributed by atoms with Crippen LogP contribution in [0.4, 0.5) is 0 Å². The van der Waals surface area contributed by atoms with Gasteiger partial charge in [-0.2, -0.15) is 0 Å². The maximum absolute atomic E-state index is 13.0. The van der Waals surface area contributed by atoms with Crippen molar-refractivity contribution in [1.29, 1.82) is 0 Å². The lowest BCUT2D eigenvalue weighted by Crippen LogP contribution is -2.80. The number of β-lactam (4-membered cyclic amide) rings is 1. The lowest BCUT2D eigenvalue weighted by atomic mass is 9.98. The van der Waals surface area contributed by atoms with E-state index >= 15 is 0 Å². The van der Waals surface area contributed by atoms with Crippen molar-refractivity contribution >= 4 is 53.1 Å². The molecule has 0 saturated carbocycles. The number of hydrogen-bond acceptors (Lipinski definition) is 12. The Kier molecular flexibility index (Phi) is 7.48. The zero-order valence-electron chi connectivity index (χ0n) is 16.5. The van der Waals surface area contributed by atoms with Gasteiger partial charge in [-0.05, 0) is 16.0 Å². The standard InChI is InChI=1S/C15H21N7O6S3/c1-21-14(18-19-20-21)31-4-7-3-30-13-15(28-2,12(27)22(13)10(7)11(25)26)17-9(24)6-29-5-8(16)23/h8,13,23H,3-6,16H2,1-2H3,(H,17,24)(H,25,26)/t8-,13+,15-/m0/s1. The Morgan fingerprint density at radius 3 is 2.84 bits per heavy atom. The van der Waals surface area contributed by atoms with Gasteiger partial charge < -0.3 is 26.0 Å². The minimum Gasteiger partial charge on any atom is -0.477 e. The van der Waals surface area contributed by atoms with E-state index in [-0.39, 0.29) is 23.0 Å². The average Bonchev–Trinajstić information content (AvgIpc) is 3.13. The highest BCUT2D eigenvalue weighted by Crippen LogP contribution is 2.47. The highest BCUT2D eigenvalue weighted by molar-refractivity contribution is 8.01. The first-order chi connectivity index (χ1) is 14.7.